The fraction of sp³-hybridized carbons (Fsp3) is 0.500. The van der Waals surface area contributed by atoms with Gasteiger partial charge in [0.05, 0.1) is 22.7 Å². The Balaban J connectivity index is 2.04. The summed E-state index contributed by atoms with van der Waals surface area (Å²) in [5, 5.41) is 9.91. The van der Waals surface area contributed by atoms with Crippen LogP contribution in [0.1, 0.15) is 36.5 Å². The van der Waals surface area contributed by atoms with Crippen molar-refractivity contribution in [3.8, 4) is 0 Å². The molecule has 0 radical (unpaired) electrons. The zero-order valence-corrected chi connectivity index (χ0v) is 12.6. The normalized spacial score (nSPS) is 17.0. The maximum absolute atomic E-state index is 12.1. The van der Waals surface area contributed by atoms with E-state index >= 15 is 0 Å². The van der Waals surface area contributed by atoms with E-state index in [0.29, 0.717) is 18.4 Å². The summed E-state index contributed by atoms with van der Waals surface area (Å²) in [5.74, 6) is -0.488. The molecule has 2 N–H and O–H groups in total. The number of hydrogen-bond donors (Lipinski definition) is 2. The summed E-state index contributed by atoms with van der Waals surface area (Å²) in [4.78, 5) is 11.5. The van der Waals surface area contributed by atoms with E-state index in [1.807, 2.05) is 0 Å². The van der Waals surface area contributed by atoms with Crippen molar-refractivity contribution >= 4 is 16.0 Å². The van der Waals surface area contributed by atoms with Gasteiger partial charge in [-0.05, 0) is 50.5 Å². The van der Waals surface area contributed by atoms with Crippen LogP contribution in [0.4, 0.5) is 0 Å². The molecule has 0 aliphatic heterocycles. The first-order chi connectivity index (χ1) is 9.86. The van der Waals surface area contributed by atoms with Gasteiger partial charge >= 0.3 is 5.97 Å². The van der Waals surface area contributed by atoms with E-state index in [-0.39, 0.29) is 18.0 Å². The first-order valence-electron chi connectivity index (χ1n) is 6.85. The molecule has 1 aromatic carbocycles. The Morgan fingerprint density at radius 1 is 1.33 bits per heavy atom. The molecule has 0 bridgehead atoms. The fourth-order valence-corrected chi connectivity index (χ4v) is 3.18. The molecule has 2 rings (SSSR count). The minimum atomic E-state index is -3.69. The third-order valence-electron chi connectivity index (χ3n) is 3.55. The van der Waals surface area contributed by atoms with Gasteiger partial charge in [-0.3, -0.25) is 0 Å². The highest BCUT2D eigenvalue weighted by Gasteiger charge is 2.35. The van der Waals surface area contributed by atoms with Crippen LogP contribution in [-0.2, 0) is 14.8 Å². The van der Waals surface area contributed by atoms with Crippen molar-refractivity contribution in [3.63, 3.8) is 0 Å². The predicted molar refractivity (Wildman–Crippen MR) is 76.4 cm³/mol. The lowest BCUT2D eigenvalue weighted by Gasteiger charge is -2.36. The van der Waals surface area contributed by atoms with Crippen LogP contribution in [0.2, 0.25) is 0 Å². The Labute approximate surface area is 124 Å². The quantitative estimate of drug-likeness (QED) is 0.766. The van der Waals surface area contributed by atoms with Crippen molar-refractivity contribution in [1.82, 2.24) is 4.72 Å². The highest BCUT2D eigenvalue weighted by molar-refractivity contribution is 7.89. The van der Waals surface area contributed by atoms with Crippen LogP contribution in [-0.4, -0.2) is 38.2 Å². The summed E-state index contributed by atoms with van der Waals surface area (Å²) < 4.78 is 31.4. The number of sulfonamides is 1. The van der Waals surface area contributed by atoms with Crippen molar-refractivity contribution in [2.45, 2.75) is 36.7 Å². The summed E-state index contributed by atoms with van der Waals surface area (Å²) in [6.07, 6.45) is 2.13. The first-order valence-corrected chi connectivity index (χ1v) is 8.34. The SMILES string of the molecule is CCOC(=O)c1ccc(S(=O)(=O)NCC2(O)CCC2)cc1. The molecule has 1 aliphatic carbocycles. The van der Waals surface area contributed by atoms with Crippen LogP contribution in [0.25, 0.3) is 0 Å². The zero-order chi connectivity index (χ0) is 15.5. The van der Waals surface area contributed by atoms with Gasteiger partial charge in [0.1, 0.15) is 0 Å². The number of esters is 1. The predicted octanol–water partition coefficient (Wildman–Crippen LogP) is 1.06. The molecule has 0 aromatic heterocycles. The van der Waals surface area contributed by atoms with Crippen molar-refractivity contribution < 1.29 is 23.1 Å². The molecule has 116 valence electrons. The van der Waals surface area contributed by atoms with Crippen molar-refractivity contribution in [1.29, 1.82) is 0 Å². The van der Waals surface area contributed by atoms with E-state index in [2.05, 4.69) is 4.72 Å². The number of carbonyl (C=O) groups excluding carboxylic acids is 1. The van der Waals surface area contributed by atoms with Gasteiger partial charge in [-0.2, -0.15) is 0 Å². The van der Waals surface area contributed by atoms with Crippen LogP contribution in [0.15, 0.2) is 29.2 Å². The van der Waals surface area contributed by atoms with Crippen LogP contribution in [0, 0.1) is 0 Å². The second-order valence-electron chi connectivity index (χ2n) is 5.15. The molecule has 0 unspecified atom stereocenters. The van der Waals surface area contributed by atoms with Crippen molar-refractivity contribution in [2.75, 3.05) is 13.2 Å². The number of carbonyl (C=O) groups is 1. The third kappa shape index (κ3) is 3.81. The lowest BCUT2D eigenvalue weighted by molar-refractivity contribution is -0.0270. The average molecular weight is 313 g/mol. The Morgan fingerprint density at radius 3 is 2.43 bits per heavy atom. The van der Waals surface area contributed by atoms with E-state index in [0.717, 1.165) is 6.42 Å². The van der Waals surface area contributed by atoms with Crippen LogP contribution >= 0.6 is 0 Å². The molecule has 0 saturated heterocycles. The summed E-state index contributed by atoms with van der Waals surface area (Å²) in [5.41, 5.74) is -0.619. The Hall–Kier alpha value is -1.44. The lowest BCUT2D eigenvalue weighted by atomic mass is 9.81. The van der Waals surface area contributed by atoms with Gasteiger partial charge in [0, 0.05) is 6.54 Å². The summed E-state index contributed by atoms with van der Waals surface area (Å²) >= 11 is 0. The molecular weight excluding hydrogens is 294 g/mol. The minimum absolute atomic E-state index is 0.00889. The molecule has 1 fully saturated rings. The molecule has 1 aromatic rings. The molecule has 0 atom stereocenters. The maximum Gasteiger partial charge on any atom is 0.338 e. The van der Waals surface area contributed by atoms with E-state index in [9.17, 15) is 18.3 Å². The highest BCUT2D eigenvalue weighted by Crippen LogP contribution is 2.31. The van der Waals surface area contributed by atoms with Crippen molar-refractivity contribution in [3.05, 3.63) is 29.8 Å². The van der Waals surface area contributed by atoms with Gasteiger partial charge in [-0.1, -0.05) is 0 Å². The Bertz CT molecular complexity index is 605. The minimum Gasteiger partial charge on any atom is -0.462 e. The van der Waals surface area contributed by atoms with Gasteiger partial charge in [-0.15, -0.1) is 0 Å². The van der Waals surface area contributed by atoms with Crippen LogP contribution in [0.5, 0.6) is 0 Å². The fourth-order valence-electron chi connectivity index (χ4n) is 2.06. The molecule has 6 nitrogen and oxygen atoms in total. The molecule has 7 heteroatoms. The average Bonchev–Trinajstić information content (AvgIpc) is 2.43. The second-order valence-corrected chi connectivity index (χ2v) is 6.91. The van der Waals surface area contributed by atoms with E-state index < -0.39 is 21.6 Å². The lowest BCUT2D eigenvalue weighted by Crippen LogP contribution is -2.47. The smallest absolute Gasteiger partial charge is 0.338 e. The molecule has 21 heavy (non-hydrogen) atoms. The number of ether oxygens (including phenoxy) is 1. The largest absolute Gasteiger partial charge is 0.462 e. The number of benzene rings is 1. The number of rotatable bonds is 6. The van der Waals surface area contributed by atoms with Gasteiger partial charge in [0.25, 0.3) is 0 Å². The molecular formula is C14H19NO5S. The van der Waals surface area contributed by atoms with E-state index in [1.165, 1.54) is 24.3 Å². The van der Waals surface area contributed by atoms with Gasteiger partial charge in [-0.25, -0.2) is 17.9 Å². The topological polar surface area (TPSA) is 92.7 Å². The van der Waals surface area contributed by atoms with Gasteiger partial charge in [0.2, 0.25) is 10.0 Å². The molecule has 0 spiro atoms. The summed E-state index contributed by atoms with van der Waals surface area (Å²) in [6, 6.07) is 5.51. The molecule has 0 amide bonds. The number of aliphatic hydroxyl groups is 1. The van der Waals surface area contributed by atoms with Gasteiger partial charge in [0.15, 0.2) is 0 Å². The molecule has 0 heterocycles. The maximum atomic E-state index is 12.1. The molecule has 1 aliphatic rings. The second kappa shape index (κ2) is 6.13. The standard InChI is InChI=1S/C14H19NO5S/c1-2-20-13(16)11-4-6-12(7-5-11)21(18,19)15-10-14(17)8-3-9-14/h4-7,15,17H,2-3,8-10H2,1H3. The third-order valence-corrected chi connectivity index (χ3v) is 4.97. The van der Waals surface area contributed by atoms with E-state index in [1.54, 1.807) is 6.92 Å². The molecule has 1 saturated carbocycles. The summed E-state index contributed by atoms with van der Waals surface area (Å²) in [7, 11) is -3.69. The first kappa shape index (κ1) is 15.9. The number of nitrogens with one attached hydrogen (secondary N) is 1. The van der Waals surface area contributed by atoms with Crippen molar-refractivity contribution in [2.24, 2.45) is 0 Å². The summed E-state index contributed by atoms with van der Waals surface area (Å²) in [6.45, 7) is 1.97. The van der Waals surface area contributed by atoms with Crippen LogP contribution < -0.4 is 4.72 Å². The monoisotopic (exact) mass is 313 g/mol. The Kier molecular flexibility index (Phi) is 4.65. The van der Waals surface area contributed by atoms with Gasteiger partial charge < -0.3 is 9.84 Å². The highest BCUT2D eigenvalue weighted by atomic mass is 32.2. The Morgan fingerprint density at radius 2 is 1.95 bits per heavy atom. The number of hydrogen-bond acceptors (Lipinski definition) is 5. The zero-order valence-electron chi connectivity index (χ0n) is 11.8. The van der Waals surface area contributed by atoms with Crippen LogP contribution in [0.3, 0.4) is 0 Å². The van der Waals surface area contributed by atoms with E-state index in [4.69, 9.17) is 4.74 Å².